The average Bonchev–Trinajstić information content (AvgIpc) is 2.62. The van der Waals surface area contributed by atoms with E-state index in [0.29, 0.717) is 18.4 Å². The predicted molar refractivity (Wildman–Crippen MR) is 106 cm³/mol. The van der Waals surface area contributed by atoms with Gasteiger partial charge in [0.1, 0.15) is 0 Å². The van der Waals surface area contributed by atoms with Crippen molar-refractivity contribution in [2.75, 3.05) is 20.1 Å². The van der Waals surface area contributed by atoms with Gasteiger partial charge in [0.15, 0.2) is 5.96 Å². The third-order valence-corrected chi connectivity index (χ3v) is 5.29. The van der Waals surface area contributed by atoms with Gasteiger partial charge in [-0.05, 0) is 31.7 Å². The maximum Gasteiger partial charge on any atom is 0.270 e. The minimum absolute atomic E-state index is 0.117. The van der Waals surface area contributed by atoms with Gasteiger partial charge in [0, 0.05) is 38.3 Å². The normalized spacial score (nSPS) is 13.4. The van der Waals surface area contributed by atoms with E-state index in [1.165, 1.54) is 18.2 Å². The third kappa shape index (κ3) is 8.35. The Morgan fingerprint density at radius 3 is 2.52 bits per heavy atom. The van der Waals surface area contributed by atoms with E-state index in [9.17, 15) is 18.5 Å². The average molecular weight is 400 g/mol. The molecule has 0 saturated carbocycles. The molecule has 0 aliphatic carbocycles. The van der Waals surface area contributed by atoms with Crippen molar-refractivity contribution in [1.29, 1.82) is 0 Å². The van der Waals surface area contributed by atoms with E-state index < -0.39 is 14.9 Å². The van der Waals surface area contributed by atoms with Crippen LogP contribution in [0.25, 0.3) is 0 Å². The van der Waals surface area contributed by atoms with Crippen LogP contribution in [0, 0.1) is 16.0 Å². The van der Waals surface area contributed by atoms with Crippen LogP contribution in [0.15, 0.2) is 34.2 Å². The Morgan fingerprint density at radius 2 is 1.93 bits per heavy atom. The van der Waals surface area contributed by atoms with Crippen molar-refractivity contribution < 1.29 is 13.3 Å². The molecule has 1 unspecified atom stereocenters. The Bertz CT molecular complexity index is 749. The molecule has 0 aliphatic heterocycles. The van der Waals surface area contributed by atoms with E-state index in [-0.39, 0.29) is 23.2 Å². The van der Waals surface area contributed by atoms with Crippen LogP contribution in [0.4, 0.5) is 5.69 Å². The zero-order valence-corrected chi connectivity index (χ0v) is 17.0. The van der Waals surface area contributed by atoms with Crippen molar-refractivity contribution in [3.8, 4) is 0 Å². The number of guanidine groups is 1. The molecule has 9 nitrogen and oxygen atoms in total. The number of nitrogens with one attached hydrogen (secondary N) is 3. The summed E-state index contributed by atoms with van der Waals surface area (Å²) in [6.45, 7) is 6.86. The van der Waals surface area contributed by atoms with Crippen molar-refractivity contribution in [3.63, 3.8) is 0 Å². The highest BCUT2D eigenvalue weighted by atomic mass is 32.2. The molecule has 0 spiro atoms. The van der Waals surface area contributed by atoms with Gasteiger partial charge in [-0.25, -0.2) is 13.1 Å². The lowest BCUT2D eigenvalue weighted by Gasteiger charge is -2.18. The number of rotatable bonds is 10. The highest BCUT2D eigenvalue weighted by Gasteiger charge is 2.17. The van der Waals surface area contributed by atoms with Crippen LogP contribution in [0.1, 0.15) is 33.6 Å². The first-order valence-corrected chi connectivity index (χ1v) is 10.4. The Kier molecular flexibility index (Phi) is 9.16. The van der Waals surface area contributed by atoms with Crippen molar-refractivity contribution >= 4 is 21.7 Å². The SMILES string of the molecule is CN=C(NCCNS(=O)(=O)c1cccc([N+](=O)[O-])c1)NC(C)CCC(C)C. The van der Waals surface area contributed by atoms with E-state index >= 15 is 0 Å². The summed E-state index contributed by atoms with van der Waals surface area (Å²) in [6.07, 6.45) is 2.12. The quantitative estimate of drug-likeness (QED) is 0.181. The number of aliphatic imine (C=N–C) groups is 1. The van der Waals surface area contributed by atoms with E-state index in [2.05, 4.69) is 41.1 Å². The molecular formula is C17H29N5O4S. The van der Waals surface area contributed by atoms with Gasteiger partial charge in [-0.2, -0.15) is 0 Å². The summed E-state index contributed by atoms with van der Waals surface area (Å²) in [5.41, 5.74) is -0.268. The van der Waals surface area contributed by atoms with Crippen LogP contribution in [-0.2, 0) is 10.0 Å². The molecule has 0 aromatic heterocycles. The van der Waals surface area contributed by atoms with Gasteiger partial charge in [-0.3, -0.25) is 15.1 Å². The monoisotopic (exact) mass is 399 g/mol. The van der Waals surface area contributed by atoms with Crippen LogP contribution in [0.5, 0.6) is 0 Å². The predicted octanol–water partition coefficient (Wildman–Crippen LogP) is 1.86. The highest BCUT2D eigenvalue weighted by molar-refractivity contribution is 7.89. The lowest BCUT2D eigenvalue weighted by atomic mass is 10.0. The first kappa shape index (κ1) is 22.8. The number of nitro benzene ring substituents is 1. The molecule has 0 bridgehead atoms. The molecule has 1 atom stereocenters. The number of nitrogens with zero attached hydrogens (tertiary/aromatic N) is 2. The van der Waals surface area contributed by atoms with Crippen molar-refractivity contribution in [2.24, 2.45) is 10.9 Å². The summed E-state index contributed by atoms with van der Waals surface area (Å²) >= 11 is 0. The molecule has 152 valence electrons. The molecule has 1 aromatic rings. The van der Waals surface area contributed by atoms with Crippen LogP contribution < -0.4 is 15.4 Å². The largest absolute Gasteiger partial charge is 0.355 e. The molecule has 0 fully saturated rings. The molecule has 0 saturated heterocycles. The minimum atomic E-state index is -3.82. The van der Waals surface area contributed by atoms with Gasteiger partial charge in [-0.15, -0.1) is 0 Å². The summed E-state index contributed by atoms with van der Waals surface area (Å²) < 4.78 is 26.9. The van der Waals surface area contributed by atoms with E-state index in [1.807, 2.05) is 0 Å². The molecule has 10 heteroatoms. The van der Waals surface area contributed by atoms with Gasteiger partial charge >= 0.3 is 0 Å². The zero-order chi connectivity index (χ0) is 20.4. The molecule has 0 aliphatic rings. The molecule has 3 N–H and O–H groups in total. The second kappa shape index (κ2) is 10.8. The maximum atomic E-state index is 12.2. The fourth-order valence-electron chi connectivity index (χ4n) is 2.30. The fourth-order valence-corrected chi connectivity index (χ4v) is 3.37. The fraction of sp³-hybridized carbons (Fsp3) is 0.588. The topological polar surface area (TPSA) is 126 Å². The van der Waals surface area contributed by atoms with Gasteiger partial charge in [0.2, 0.25) is 10.0 Å². The Hall–Kier alpha value is -2.20. The lowest BCUT2D eigenvalue weighted by molar-refractivity contribution is -0.385. The van der Waals surface area contributed by atoms with Gasteiger partial charge in [-0.1, -0.05) is 19.9 Å². The van der Waals surface area contributed by atoms with E-state index in [1.54, 1.807) is 7.05 Å². The molecule has 1 rings (SSSR count). The summed E-state index contributed by atoms with van der Waals surface area (Å²) in [5.74, 6) is 1.23. The molecule has 27 heavy (non-hydrogen) atoms. The summed E-state index contributed by atoms with van der Waals surface area (Å²) in [6, 6.07) is 5.19. The molecule has 1 aromatic carbocycles. The summed E-state index contributed by atoms with van der Waals surface area (Å²) in [4.78, 5) is 14.1. The molecule has 0 radical (unpaired) electrons. The van der Waals surface area contributed by atoms with Crippen LogP contribution in [-0.4, -0.2) is 45.5 Å². The Morgan fingerprint density at radius 1 is 1.22 bits per heavy atom. The second-order valence-electron chi connectivity index (χ2n) is 6.67. The van der Waals surface area contributed by atoms with E-state index in [4.69, 9.17) is 0 Å². The Balaban J connectivity index is 2.49. The molecule has 0 amide bonds. The minimum Gasteiger partial charge on any atom is -0.355 e. The number of sulfonamides is 1. The number of non-ortho nitro benzene ring substituents is 1. The third-order valence-electron chi connectivity index (χ3n) is 3.83. The Labute approximate surface area is 160 Å². The van der Waals surface area contributed by atoms with Crippen LogP contribution >= 0.6 is 0 Å². The molecule has 0 heterocycles. The number of nitro groups is 1. The lowest BCUT2D eigenvalue weighted by Crippen LogP contribution is -2.44. The first-order chi connectivity index (χ1) is 12.7. The zero-order valence-electron chi connectivity index (χ0n) is 16.2. The molecular weight excluding hydrogens is 370 g/mol. The van der Waals surface area contributed by atoms with Crippen LogP contribution in [0.3, 0.4) is 0 Å². The van der Waals surface area contributed by atoms with E-state index in [0.717, 1.165) is 18.9 Å². The maximum absolute atomic E-state index is 12.2. The smallest absolute Gasteiger partial charge is 0.270 e. The number of benzene rings is 1. The van der Waals surface area contributed by atoms with Crippen LogP contribution in [0.2, 0.25) is 0 Å². The van der Waals surface area contributed by atoms with Crippen molar-refractivity contribution in [2.45, 2.75) is 44.6 Å². The van der Waals surface area contributed by atoms with Crippen molar-refractivity contribution in [3.05, 3.63) is 34.4 Å². The van der Waals surface area contributed by atoms with Gasteiger partial charge in [0.25, 0.3) is 5.69 Å². The summed E-state index contributed by atoms with van der Waals surface area (Å²) in [5, 5.41) is 17.1. The first-order valence-electron chi connectivity index (χ1n) is 8.87. The highest BCUT2D eigenvalue weighted by Crippen LogP contribution is 2.16. The van der Waals surface area contributed by atoms with Gasteiger partial charge in [0.05, 0.1) is 9.82 Å². The van der Waals surface area contributed by atoms with Crippen molar-refractivity contribution in [1.82, 2.24) is 15.4 Å². The standard InChI is InChI=1S/C17H29N5O4S/c1-13(2)8-9-14(3)21-17(18-4)19-10-11-20-27(25,26)16-7-5-6-15(12-16)22(23)24/h5-7,12-14,20H,8-11H2,1-4H3,(H2,18,19,21). The number of hydrogen-bond acceptors (Lipinski definition) is 5. The summed E-state index contributed by atoms with van der Waals surface area (Å²) in [7, 11) is -2.17. The van der Waals surface area contributed by atoms with Gasteiger partial charge < -0.3 is 10.6 Å². The second-order valence-corrected chi connectivity index (χ2v) is 8.43. The number of hydrogen-bond donors (Lipinski definition) is 3.